The minimum Gasteiger partial charge on any atom is -0.488 e. The Morgan fingerprint density at radius 1 is 0.968 bits per heavy atom. The first-order chi connectivity index (χ1) is 29.0. The molecule has 1 fully saturated rings. The van der Waals surface area contributed by atoms with Gasteiger partial charge in [-0.3, -0.25) is 19.2 Å². The van der Waals surface area contributed by atoms with Crippen molar-refractivity contribution in [2.75, 3.05) is 13.2 Å². The van der Waals surface area contributed by atoms with Gasteiger partial charge in [0.1, 0.15) is 30.1 Å². The normalized spacial score (nSPS) is 16.9. The van der Waals surface area contributed by atoms with Crippen LogP contribution in [0.2, 0.25) is 0 Å². The highest BCUT2D eigenvalue weighted by Crippen LogP contribution is 2.30. The van der Waals surface area contributed by atoms with E-state index in [0.29, 0.717) is 19.3 Å². The van der Waals surface area contributed by atoms with Crippen molar-refractivity contribution in [3.8, 4) is 16.2 Å². The summed E-state index contributed by atoms with van der Waals surface area (Å²) in [4.78, 5) is 71.4. The number of likely N-dealkylation sites (tertiary alicyclic amines) is 1. The van der Waals surface area contributed by atoms with Gasteiger partial charge in [0, 0.05) is 31.4 Å². The number of aromatic nitrogens is 1. The van der Waals surface area contributed by atoms with Gasteiger partial charge in [0.05, 0.1) is 34.3 Å². The molecule has 0 bridgehead atoms. The van der Waals surface area contributed by atoms with Gasteiger partial charge in [-0.05, 0) is 89.0 Å². The SMILES string of the molecule is Cc1ncsc1-c1ccc([C@H](C)NC(=O)[C@@H]2C[C@@H](O)CN2C(=O)[C@@H](NC(=O)CCCCCc2c(F)ccc(OC[C@H](CCC(N)=O)NC(=O)OC(C)(C)C)c2F)C(C)(C)C)cc1. The van der Waals surface area contributed by atoms with E-state index in [2.05, 4.69) is 20.9 Å². The molecule has 1 aliphatic rings. The number of hydrogen-bond acceptors (Lipinski definition) is 10. The fourth-order valence-electron chi connectivity index (χ4n) is 7.11. The lowest BCUT2D eigenvalue weighted by molar-refractivity contribution is -0.144. The number of hydrogen-bond donors (Lipinski definition) is 5. The van der Waals surface area contributed by atoms with E-state index in [1.165, 1.54) is 4.90 Å². The third-order valence-electron chi connectivity index (χ3n) is 10.4. The average molecular weight is 885 g/mol. The Kier molecular flexibility index (Phi) is 17.4. The fourth-order valence-corrected chi connectivity index (χ4v) is 7.92. The number of primary amides is 1. The Hall–Kier alpha value is -5.16. The first-order valence-electron chi connectivity index (χ1n) is 21.0. The summed E-state index contributed by atoms with van der Waals surface area (Å²) in [5.41, 5.74) is 8.18. The summed E-state index contributed by atoms with van der Waals surface area (Å²) in [6.07, 6.45) is -0.395. The van der Waals surface area contributed by atoms with Gasteiger partial charge in [-0.25, -0.2) is 18.6 Å². The number of nitrogens with one attached hydrogen (secondary N) is 3. The number of aryl methyl sites for hydroxylation is 1. The summed E-state index contributed by atoms with van der Waals surface area (Å²) in [6.45, 7) is 14.0. The van der Waals surface area contributed by atoms with Crippen molar-refractivity contribution >= 4 is 41.1 Å². The van der Waals surface area contributed by atoms with E-state index in [-0.39, 0.29) is 62.6 Å². The van der Waals surface area contributed by atoms with Crippen LogP contribution in [0.15, 0.2) is 41.9 Å². The molecule has 17 heteroatoms. The van der Waals surface area contributed by atoms with Gasteiger partial charge in [0.25, 0.3) is 0 Å². The molecule has 14 nitrogen and oxygen atoms in total. The second kappa shape index (κ2) is 21.8. The molecule has 1 saturated heterocycles. The quantitative estimate of drug-likeness (QED) is 0.0844. The lowest BCUT2D eigenvalue weighted by Gasteiger charge is -2.35. The summed E-state index contributed by atoms with van der Waals surface area (Å²) >= 11 is 1.55. The highest BCUT2D eigenvalue weighted by atomic mass is 32.1. The predicted molar refractivity (Wildman–Crippen MR) is 232 cm³/mol. The maximum absolute atomic E-state index is 15.5. The number of rotatable bonds is 19. The molecule has 0 saturated carbocycles. The predicted octanol–water partition coefficient (Wildman–Crippen LogP) is 6.41. The van der Waals surface area contributed by atoms with Crippen LogP contribution >= 0.6 is 11.3 Å². The number of aliphatic hydroxyl groups is 1. The van der Waals surface area contributed by atoms with Crippen molar-refractivity contribution in [2.45, 2.75) is 143 Å². The number of alkyl carbamates (subject to hydrolysis) is 1. The van der Waals surface area contributed by atoms with Crippen LogP contribution in [0.3, 0.4) is 0 Å². The van der Waals surface area contributed by atoms with Crippen molar-refractivity contribution in [1.82, 2.24) is 25.8 Å². The van der Waals surface area contributed by atoms with E-state index >= 15 is 4.39 Å². The van der Waals surface area contributed by atoms with Crippen LogP contribution in [-0.4, -0.2) is 87.7 Å². The molecule has 0 radical (unpaired) electrons. The number of ether oxygens (including phenoxy) is 2. The number of benzene rings is 2. The van der Waals surface area contributed by atoms with Crippen LogP contribution in [0, 0.1) is 24.0 Å². The molecule has 62 heavy (non-hydrogen) atoms. The number of aliphatic hydroxyl groups excluding tert-OH is 1. The smallest absolute Gasteiger partial charge is 0.407 e. The molecule has 0 spiro atoms. The zero-order valence-corrected chi connectivity index (χ0v) is 37.8. The van der Waals surface area contributed by atoms with E-state index in [1.54, 1.807) is 58.4 Å². The third-order valence-corrected chi connectivity index (χ3v) is 11.4. The number of halogens is 2. The molecule has 6 N–H and O–H groups in total. The van der Waals surface area contributed by atoms with Crippen molar-refractivity contribution < 1.29 is 47.3 Å². The summed E-state index contributed by atoms with van der Waals surface area (Å²) in [5.74, 6) is -3.78. The molecule has 0 unspecified atom stereocenters. The topological polar surface area (TPSA) is 202 Å². The molecular formula is C45H62F2N6O8S. The maximum Gasteiger partial charge on any atom is 0.407 e. The van der Waals surface area contributed by atoms with Crippen LogP contribution in [0.4, 0.5) is 13.6 Å². The molecule has 1 aliphatic heterocycles. The van der Waals surface area contributed by atoms with Crippen LogP contribution in [-0.2, 0) is 30.3 Å². The summed E-state index contributed by atoms with van der Waals surface area (Å²) in [7, 11) is 0. The van der Waals surface area contributed by atoms with E-state index in [9.17, 15) is 33.5 Å². The Bertz CT molecular complexity index is 2030. The highest BCUT2D eigenvalue weighted by molar-refractivity contribution is 7.13. The van der Waals surface area contributed by atoms with Crippen LogP contribution in [0.1, 0.15) is 116 Å². The highest BCUT2D eigenvalue weighted by Gasteiger charge is 2.44. The van der Waals surface area contributed by atoms with Gasteiger partial charge in [0.2, 0.25) is 23.6 Å². The molecule has 0 aliphatic carbocycles. The largest absolute Gasteiger partial charge is 0.488 e. The molecule has 2 aromatic carbocycles. The number of amides is 5. The standard InChI is InChI=1S/C45H62F2N6O8S/c1-26(28-14-16-29(17-15-28)39-27(2)49-25-62-39)50-41(57)34-22-31(54)23-53(34)42(58)40(44(3,4)5)52-37(56)13-11-9-10-12-32-33(46)19-20-35(38(32)47)60-24-30(18-21-36(48)55)51-43(59)61-45(6,7)8/h14-17,19-20,25-26,30-31,34,40,54H,9-13,18,21-24H2,1-8H3,(H2,48,55)(H,50,57)(H,51,59)(H,52,56)/t26-,30-,31+,34-,40+/m0/s1. The van der Waals surface area contributed by atoms with Gasteiger partial charge in [0.15, 0.2) is 11.6 Å². The number of nitrogens with zero attached hydrogens (tertiary/aromatic N) is 2. The minimum absolute atomic E-state index is 0.0120. The molecule has 4 rings (SSSR count). The average Bonchev–Trinajstić information content (AvgIpc) is 3.80. The summed E-state index contributed by atoms with van der Waals surface area (Å²) < 4.78 is 41.2. The Balaban J connectivity index is 1.29. The second-order valence-electron chi connectivity index (χ2n) is 17.9. The molecule has 1 aromatic heterocycles. The zero-order valence-electron chi connectivity index (χ0n) is 36.9. The van der Waals surface area contributed by atoms with E-state index in [1.807, 2.05) is 38.1 Å². The first-order valence-corrected chi connectivity index (χ1v) is 21.9. The molecule has 3 aromatic rings. The number of thiazole rings is 1. The Labute approximate surface area is 366 Å². The van der Waals surface area contributed by atoms with Gasteiger partial charge < -0.3 is 41.2 Å². The lowest BCUT2D eigenvalue weighted by Crippen LogP contribution is -2.57. The molecule has 5 amide bonds. The van der Waals surface area contributed by atoms with Gasteiger partial charge in [-0.2, -0.15) is 0 Å². The minimum atomic E-state index is -1.00. The van der Waals surface area contributed by atoms with Crippen molar-refractivity contribution in [1.29, 1.82) is 0 Å². The third kappa shape index (κ3) is 14.5. The monoisotopic (exact) mass is 884 g/mol. The Morgan fingerprint density at radius 2 is 1.66 bits per heavy atom. The maximum atomic E-state index is 15.5. The molecular weight excluding hydrogens is 823 g/mol. The first kappa shape index (κ1) is 49.5. The number of nitrogens with two attached hydrogens (primary N) is 1. The molecule has 340 valence electrons. The fraction of sp³-hybridized carbons (Fsp3) is 0.556. The van der Waals surface area contributed by atoms with Gasteiger partial charge >= 0.3 is 6.09 Å². The van der Waals surface area contributed by atoms with E-state index < -0.39 is 76.6 Å². The van der Waals surface area contributed by atoms with Crippen LogP contribution < -0.4 is 26.4 Å². The van der Waals surface area contributed by atoms with Gasteiger partial charge in [-0.1, -0.05) is 51.5 Å². The second-order valence-corrected chi connectivity index (χ2v) is 18.8. The van der Waals surface area contributed by atoms with Crippen molar-refractivity contribution in [2.24, 2.45) is 11.1 Å². The van der Waals surface area contributed by atoms with Crippen LogP contribution in [0.5, 0.6) is 5.75 Å². The summed E-state index contributed by atoms with van der Waals surface area (Å²) in [6, 6.07) is 6.97. The molecule has 5 atom stereocenters. The van der Waals surface area contributed by atoms with Gasteiger partial charge in [-0.15, -0.1) is 11.3 Å². The number of β-amino-alcohol motifs (C(OH)–C–C–N with tert-alkyl or cyclic N) is 1. The zero-order chi connectivity index (χ0) is 45.9. The number of unbranched alkanes of at least 4 members (excludes halogenated alkanes) is 2. The van der Waals surface area contributed by atoms with Crippen molar-refractivity contribution in [3.63, 3.8) is 0 Å². The van der Waals surface area contributed by atoms with E-state index in [0.717, 1.165) is 33.8 Å². The van der Waals surface area contributed by atoms with Crippen molar-refractivity contribution in [3.05, 3.63) is 70.4 Å². The Morgan fingerprint density at radius 3 is 2.27 bits per heavy atom. The number of carbonyl (C=O) groups is 5. The lowest BCUT2D eigenvalue weighted by atomic mass is 9.85. The van der Waals surface area contributed by atoms with E-state index in [4.69, 9.17) is 15.2 Å². The van der Waals surface area contributed by atoms with Crippen LogP contribution in [0.25, 0.3) is 10.4 Å². The molecule has 2 heterocycles. The summed E-state index contributed by atoms with van der Waals surface area (Å²) in [5, 5.41) is 19.1. The number of carbonyl (C=O) groups excluding carboxylic acids is 5.